The highest BCUT2D eigenvalue weighted by molar-refractivity contribution is 5.96. The standard InChI is InChI=1S/C59H37N3/c1-4-17-38(18-5-1)39-31-33-41(34-32-39)56-60-55(40-19-6-2-7-20-40)61-57(62-56)42-35-36-46-44-23-10-13-27-49(44)59(53(46)37-42)51-29-15-14-28-50(51)58(43-21-8-3-9-22-43)48-26-12-11-24-45(48)47-25-16-30-52(59)54(47)58/h1-37H. The molecule has 2 unspecified atom stereocenters. The molecule has 0 aliphatic heterocycles. The quantitative estimate of drug-likeness (QED) is 0.174. The number of benzene rings is 9. The van der Waals surface area contributed by atoms with E-state index >= 15 is 0 Å². The Balaban J connectivity index is 1.08. The SMILES string of the molecule is c1ccc(-c2ccc(-c3nc(-c4ccccc4)nc(-c4ccc5c(c4)C4(c6ccccc6-5)c5ccccc5C5(c6ccccc6)c6ccccc6-c6cccc4c65)n3)cc2)cc1. The second-order valence-corrected chi connectivity index (χ2v) is 16.6. The molecule has 13 rings (SSSR count). The summed E-state index contributed by atoms with van der Waals surface area (Å²) in [6.07, 6.45) is 0. The third-order valence-electron chi connectivity index (χ3n) is 13.6. The maximum absolute atomic E-state index is 5.29. The van der Waals surface area contributed by atoms with E-state index in [2.05, 4.69) is 200 Å². The number of nitrogens with zero attached hydrogens (tertiary/aromatic N) is 3. The minimum Gasteiger partial charge on any atom is -0.208 e. The first-order valence-electron chi connectivity index (χ1n) is 21.4. The summed E-state index contributed by atoms with van der Waals surface area (Å²) < 4.78 is 0. The van der Waals surface area contributed by atoms with E-state index in [-0.39, 0.29) is 0 Å². The molecule has 0 N–H and O–H groups in total. The minimum atomic E-state index is -0.615. The fourth-order valence-corrected chi connectivity index (χ4v) is 11.2. The van der Waals surface area contributed by atoms with Gasteiger partial charge >= 0.3 is 0 Å². The second-order valence-electron chi connectivity index (χ2n) is 16.6. The molecule has 288 valence electrons. The molecule has 9 aromatic carbocycles. The molecule has 1 heterocycles. The number of hydrogen-bond donors (Lipinski definition) is 0. The van der Waals surface area contributed by atoms with Crippen molar-refractivity contribution in [3.8, 4) is 67.5 Å². The molecule has 0 bridgehead atoms. The van der Waals surface area contributed by atoms with Crippen LogP contribution in [0.3, 0.4) is 0 Å². The molecule has 3 aliphatic carbocycles. The van der Waals surface area contributed by atoms with Gasteiger partial charge in [0.2, 0.25) is 0 Å². The van der Waals surface area contributed by atoms with E-state index < -0.39 is 10.8 Å². The largest absolute Gasteiger partial charge is 0.208 e. The summed E-state index contributed by atoms with van der Waals surface area (Å²) in [6, 6.07) is 81.7. The maximum atomic E-state index is 5.29. The molecule has 62 heavy (non-hydrogen) atoms. The molecular weight excluding hydrogens is 751 g/mol. The third-order valence-corrected chi connectivity index (χ3v) is 13.6. The van der Waals surface area contributed by atoms with Gasteiger partial charge in [-0.3, -0.25) is 0 Å². The average molecular weight is 788 g/mol. The summed E-state index contributed by atoms with van der Waals surface area (Å²) >= 11 is 0. The molecular formula is C59H37N3. The van der Waals surface area contributed by atoms with Crippen molar-refractivity contribution >= 4 is 0 Å². The Morgan fingerprint density at radius 1 is 0.242 bits per heavy atom. The molecule has 1 aromatic heterocycles. The molecule has 3 nitrogen and oxygen atoms in total. The van der Waals surface area contributed by atoms with Crippen molar-refractivity contribution in [3.05, 3.63) is 269 Å². The van der Waals surface area contributed by atoms with Crippen molar-refractivity contribution in [2.75, 3.05) is 0 Å². The molecule has 3 heteroatoms. The van der Waals surface area contributed by atoms with Gasteiger partial charge in [-0.05, 0) is 84.0 Å². The van der Waals surface area contributed by atoms with Crippen LogP contribution in [-0.2, 0) is 10.8 Å². The van der Waals surface area contributed by atoms with Crippen LogP contribution in [0.15, 0.2) is 224 Å². The van der Waals surface area contributed by atoms with E-state index in [1.807, 2.05) is 24.3 Å². The summed E-state index contributed by atoms with van der Waals surface area (Å²) in [5.41, 5.74) is 19.6. The Hall–Kier alpha value is -8.01. The molecule has 0 saturated heterocycles. The predicted octanol–water partition coefficient (Wildman–Crippen LogP) is 13.6. The molecule has 1 spiro atoms. The highest BCUT2D eigenvalue weighted by Crippen LogP contribution is 2.68. The van der Waals surface area contributed by atoms with E-state index in [1.165, 1.54) is 72.3 Å². The van der Waals surface area contributed by atoms with Gasteiger partial charge in [-0.2, -0.15) is 0 Å². The fourth-order valence-electron chi connectivity index (χ4n) is 11.2. The Morgan fingerprint density at radius 3 is 1.31 bits per heavy atom. The minimum absolute atomic E-state index is 0.495. The van der Waals surface area contributed by atoms with Gasteiger partial charge in [0.25, 0.3) is 0 Å². The van der Waals surface area contributed by atoms with Gasteiger partial charge in [-0.25, -0.2) is 15.0 Å². The van der Waals surface area contributed by atoms with Crippen LogP contribution in [0, 0.1) is 0 Å². The highest BCUT2D eigenvalue weighted by Gasteiger charge is 2.59. The van der Waals surface area contributed by atoms with E-state index in [0.717, 1.165) is 22.3 Å². The van der Waals surface area contributed by atoms with Gasteiger partial charge in [0.15, 0.2) is 17.5 Å². The van der Waals surface area contributed by atoms with E-state index in [1.54, 1.807) is 0 Å². The summed E-state index contributed by atoms with van der Waals surface area (Å²) in [5, 5.41) is 0. The number of rotatable bonds is 5. The van der Waals surface area contributed by atoms with E-state index in [0.29, 0.717) is 17.5 Å². The van der Waals surface area contributed by atoms with Crippen LogP contribution in [0.25, 0.3) is 67.5 Å². The lowest BCUT2D eigenvalue weighted by atomic mass is 9.52. The van der Waals surface area contributed by atoms with Crippen LogP contribution in [0.4, 0.5) is 0 Å². The van der Waals surface area contributed by atoms with Crippen LogP contribution in [0.5, 0.6) is 0 Å². The smallest absolute Gasteiger partial charge is 0.164 e. The first kappa shape index (κ1) is 34.8. The van der Waals surface area contributed by atoms with E-state index in [9.17, 15) is 0 Å². The van der Waals surface area contributed by atoms with Gasteiger partial charge in [0.1, 0.15) is 0 Å². The number of fused-ring (bicyclic) bond motifs is 12. The third kappa shape index (κ3) is 4.68. The molecule has 0 fully saturated rings. The first-order chi connectivity index (χ1) is 30.7. The van der Waals surface area contributed by atoms with Crippen molar-refractivity contribution in [2.24, 2.45) is 0 Å². The zero-order chi connectivity index (χ0) is 40.8. The van der Waals surface area contributed by atoms with Crippen molar-refractivity contribution < 1.29 is 0 Å². The van der Waals surface area contributed by atoms with Crippen molar-refractivity contribution in [1.29, 1.82) is 0 Å². The van der Waals surface area contributed by atoms with Crippen molar-refractivity contribution in [1.82, 2.24) is 15.0 Å². The summed E-state index contributed by atoms with van der Waals surface area (Å²) in [4.78, 5) is 15.7. The average Bonchev–Trinajstić information content (AvgIpc) is 3.83. The molecule has 3 aliphatic rings. The van der Waals surface area contributed by atoms with Gasteiger partial charge < -0.3 is 0 Å². The maximum Gasteiger partial charge on any atom is 0.164 e. The van der Waals surface area contributed by atoms with Gasteiger partial charge in [-0.15, -0.1) is 0 Å². The first-order valence-corrected chi connectivity index (χ1v) is 21.4. The lowest BCUT2D eigenvalue weighted by Gasteiger charge is -2.48. The van der Waals surface area contributed by atoms with Crippen LogP contribution < -0.4 is 0 Å². The lowest BCUT2D eigenvalue weighted by Crippen LogP contribution is -2.43. The normalized spacial score (nSPS) is 17.2. The summed E-state index contributed by atoms with van der Waals surface area (Å²) in [6.45, 7) is 0. The summed E-state index contributed by atoms with van der Waals surface area (Å²) in [7, 11) is 0. The van der Waals surface area contributed by atoms with Crippen molar-refractivity contribution in [2.45, 2.75) is 10.8 Å². The van der Waals surface area contributed by atoms with Gasteiger partial charge in [0, 0.05) is 16.7 Å². The van der Waals surface area contributed by atoms with Crippen LogP contribution >= 0.6 is 0 Å². The molecule has 2 atom stereocenters. The molecule has 10 aromatic rings. The van der Waals surface area contributed by atoms with E-state index in [4.69, 9.17) is 15.0 Å². The zero-order valence-corrected chi connectivity index (χ0v) is 33.7. The number of hydrogen-bond acceptors (Lipinski definition) is 3. The van der Waals surface area contributed by atoms with Crippen LogP contribution in [0.2, 0.25) is 0 Å². The predicted molar refractivity (Wildman–Crippen MR) is 250 cm³/mol. The zero-order valence-electron chi connectivity index (χ0n) is 33.7. The van der Waals surface area contributed by atoms with Gasteiger partial charge in [0.05, 0.1) is 10.8 Å². The lowest BCUT2D eigenvalue weighted by molar-refractivity contribution is 0.636. The monoisotopic (exact) mass is 787 g/mol. The molecule has 0 saturated carbocycles. The Kier molecular flexibility index (Phi) is 7.44. The second kappa shape index (κ2) is 13.2. The fraction of sp³-hybridized carbons (Fsp3) is 0.0339. The molecule has 0 amide bonds. The summed E-state index contributed by atoms with van der Waals surface area (Å²) in [5.74, 6) is 1.93. The van der Waals surface area contributed by atoms with Crippen LogP contribution in [0.1, 0.15) is 44.5 Å². The number of aromatic nitrogens is 3. The van der Waals surface area contributed by atoms with Crippen molar-refractivity contribution in [3.63, 3.8) is 0 Å². The highest BCUT2D eigenvalue weighted by atomic mass is 15.0. The van der Waals surface area contributed by atoms with Crippen LogP contribution in [-0.4, -0.2) is 15.0 Å². The topological polar surface area (TPSA) is 38.7 Å². The Morgan fingerprint density at radius 2 is 0.645 bits per heavy atom. The Bertz CT molecular complexity index is 3400. The Labute approximate surface area is 360 Å². The molecule has 0 radical (unpaired) electrons. The van der Waals surface area contributed by atoms with Gasteiger partial charge in [-0.1, -0.05) is 218 Å².